The zero-order valence-electron chi connectivity index (χ0n) is 11.0. The minimum absolute atomic E-state index is 0.0815. The van der Waals surface area contributed by atoms with Crippen LogP contribution in [0, 0.1) is 5.82 Å². The predicted molar refractivity (Wildman–Crippen MR) is 71.4 cm³/mol. The van der Waals surface area contributed by atoms with Gasteiger partial charge >= 0.3 is 0 Å². The molecular formula is C15H14FNO3. The highest BCUT2D eigenvalue weighted by Gasteiger charge is 2.42. The minimum Gasteiger partial charge on any atom is -0.503 e. The van der Waals surface area contributed by atoms with Crippen LogP contribution in [0.4, 0.5) is 4.39 Å². The van der Waals surface area contributed by atoms with E-state index in [0.717, 1.165) is 0 Å². The van der Waals surface area contributed by atoms with Gasteiger partial charge < -0.3 is 10.0 Å². The van der Waals surface area contributed by atoms with Crippen LogP contribution in [0.25, 0.3) is 0 Å². The molecule has 1 amide bonds. The predicted octanol–water partition coefficient (Wildman–Crippen LogP) is 2.30. The number of halogens is 1. The first kappa shape index (κ1) is 14.0. The van der Waals surface area contributed by atoms with E-state index in [4.69, 9.17) is 0 Å². The third-order valence-corrected chi connectivity index (χ3v) is 3.21. The number of carbonyl (C=O) groups is 2. The number of benzene rings is 1. The fourth-order valence-electron chi connectivity index (χ4n) is 2.36. The van der Waals surface area contributed by atoms with Gasteiger partial charge in [0.15, 0.2) is 11.5 Å². The zero-order valence-corrected chi connectivity index (χ0v) is 11.0. The lowest BCUT2D eigenvalue weighted by atomic mass is 9.96. The van der Waals surface area contributed by atoms with Crippen LogP contribution < -0.4 is 0 Å². The average molecular weight is 275 g/mol. The van der Waals surface area contributed by atoms with Crippen molar-refractivity contribution in [2.45, 2.75) is 13.0 Å². The molecule has 0 aliphatic carbocycles. The summed E-state index contributed by atoms with van der Waals surface area (Å²) >= 11 is 0. The average Bonchev–Trinajstić information content (AvgIpc) is 2.65. The molecule has 104 valence electrons. The molecule has 0 fully saturated rings. The van der Waals surface area contributed by atoms with E-state index in [1.807, 2.05) is 0 Å². The molecule has 5 heteroatoms. The first-order chi connectivity index (χ1) is 9.49. The summed E-state index contributed by atoms with van der Waals surface area (Å²) in [5.41, 5.74) is 0.0962. The summed E-state index contributed by atoms with van der Waals surface area (Å²) in [5.74, 6) is -2.31. The highest BCUT2D eigenvalue weighted by Crippen LogP contribution is 2.38. The molecule has 0 spiro atoms. The van der Waals surface area contributed by atoms with Gasteiger partial charge in [0.05, 0.1) is 11.6 Å². The van der Waals surface area contributed by atoms with Crippen molar-refractivity contribution >= 4 is 11.7 Å². The van der Waals surface area contributed by atoms with Crippen LogP contribution in [-0.2, 0) is 9.59 Å². The number of Topliss-reactive ketones (excluding diaryl/α,β-unsaturated/α-hetero) is 1. The van der Waals surface area contributed by atoms with Gasteiger partial charge in [0.1, 0.15) is 5.82 Å². The van der Waals surface area contributed by atoms with Crippen molar-refractivity contribution in [3.8, 4) is 0 Å². The Morgan fingerprint density at radius 1 is 1.50 bits per heavy atom. The molecule has 0 bridgehead atoms. The molecule has 0 radical (unpaired) electrons. The topological polar surface area (TPSA) is 57.6 Å². The second-order valence-electron chi connectivity index (χ2n) is 4.49. The second-order valence-corrected chi connectivity index (χ2v) is 4.49. The fraction of sp³-hybridized carbons (Fsp3) is 0.200. The number of hydrogen-bond donors (Lipinski definition) is 1. The number of ketones is 1. The first-order valence-corrected chi connectivity index (χ1v) is 6.09. The van der Waals surface area contributed by atoms with Crippen molar-refractivity contribution < 1.29 is 19.1 Å². The van der Waals surface area contributed by atoms with Crippen molar-refractivity contribution in [3.63, 3.8) is 0 Å². The zero-order chi connectivity index (χ0) is 14.9. The number of nitrogens with zero attached hydrogens (tertiary/aromatic N) is 1. The number of carbonyl (C=O) groups excluding carboxylic acids is 2. The number of aliphatic hydroxyl groups excluding tert-OH is 1. The molecule has 1 atom stereocenters. The van der Waals surface area contributed by atoms with E-state index in [0.29, 0.717) is 0 Å². The largest absolute Gasteiger partial charge is 0.503 e. The summed E-state index contributed by atoms with van der Waals surface area (Å²) in [6.45, 7) is 4.88. The van der Waals surface area contributed by atoms with Crippen molar-refractivity contribution in [1.82, 2.24) is 4.90 Å². The lowest BCUT2D eigenvalue weighted by Gasteiger charge is -2.25. The van der Waals surface area contributed by atoms with E-state index < -0.39 is 29.3 Å². The van der Waals surface area contributed by atoms with Crippen LogP contribution in [0.1, 0.15) is 18.5 Å². The second kappa shape index (κ2) is 5.28. The van der Waals surface area contributed by atoms with Crippen molar-refractivity contribution in [2.24, 2.45) is 0 Å². The maximum atomic E-state index is 14.0. The molecule has 1 N–H and O–H groups in total. The molecule has 20 heavy (non-hydrogen) atoms. The van der Waals surface area contributed by atoms with E-state index in [-0.39, 0.29) is 17.7 Å². The Labute approximate surface area is 115 Å². The van der Waals surface area contributed by atoms with Crippen LogP contribution >= 0.6 is 0 Å². The minimum atomic E-state index is -0.917. The molecule has 0 saturated carbocycles. The van der Waals surface area contributed by atoms with Crippen LogP contribution in [0.2, 0.25) is 0 Å². The van der Waals surface area contributed by atoms with Crippen LogP contribution in [0.5, 0.6) is 0 Å². The number of aliphatic hydroxyl groups is 1. The maximum absolute atomic E-state index is 14.0. The molecule has 1 aliphatic heterocycles. The van der Waals surface area contributed by atoms with Gasteiger partial charge in [-0.3, -0.25) is 9.59 Å². The maximum Gasteiger partial charge on any atom is 0.290 e. The molecular weight excluding hydrogens is 261 g/mol. The van der Waals surface area contributed by atoms with Crippen LogP contribution in [0.15, 0.2) is 48.3 Å². The Morgan fingerprint density at radius 3 is 2.70 bits per heavy atom. The molecule has 0 saturated heterocycles. The van der Waals surface area contributed by atoms with Crippen LogP contribution in [-0.4, -0.2) is 28.2 Å². The number of amides is 1. The van der Waals surface area contributed by atoms with Crippen LogP contribution in [0.3, 0.4) is 0 Å². The van der Waals surface area contributed by atoms with E-state index in [1.165, 1.54) is 36.1 Å². The summed E-state index contributed by atoms with van der Waals surface area (Å²) in [4.78, 5) is 24.9. The Bertz CT molecular complexity index is 621. The molecule has 2 rings (SSSR count). The van der Waals surface area contributed by atoms with E-state index in [2.05, 4.69) is 6.58 Å². The lowest BCUT2D eigenvalue weighted by Crippen LogP contribution is -2.31. The van der Waals surface area contributed by atoms with E-state index >= 15 is 0 Å². The Hall–Kier alpha value is -2.43. The van der Waals surface area contributed by atoms with Gasteiger partial charge in [0, 0.05) is 12.1 Å². The molecule has 1 aliphatic rings. The van der Waals surface area contributed by atoms with Gasteiger partial charge in [-0.2, -0.15) is 0 Å². The summed E-state index contributed by atoms with van der Waals surface area (Å²) < 4.78 is 14.0. The van der Waals surface area contributed by atoms with E-state index in [1.54, 1.807) is 6.07 Å². The summed E-state index contributed by atoms with van der Waals surface area (Å²) in [6.07, 6.45) is 1.46. The molecule has 1 aromatic carbocycles. The Morgan fingerprint density at radius 2 is 2.15 bits per heavy atom. The van der Waals surface area contributed by atoms with Gasteiger partial charge in [0.2, 0.25) is 0 Å². The number of hydrogen-bond acceptors (Lipinski definition) is 3. The van der Waals surface area contributed by atoms with Gasteiger partial charge in [-0.05, 0) is 13.0 Å². The molecule has 1 aromatic rings. The SMILES string of the molecule is C=CCN1C(=O)C(O)=C(C(C)=O)[C@@H]1c1ccccc1F. The molecule has 1 heterocycles. The smallest absolute Gasteiger partial charge is 0.290 e. The lowest BCUT2D eigenvalue weighted by molar-refractivity contribution is -0.128. The highest BCUT2D eigenvalue weighted by atomic mass is 19.1. The van der Waals surface area contributed by atoms with E-state index in [9.17, 15) is 19.1 Å². The van der Waals surface area contributed by atoms with Gasteiger partial charge in [-0.25, -0.2) is 4.39 Å². The van der Waals surface area contributed by atoms with Gasteiger partial charge in [0.25, 0.3) is 5.91 Å². The van der Waals surface area contributed by atoms with Crippen molar-refractivity contribution in [3.05, 3.63) is 59.6 Å². The summed E-state index contributed by atoms with van der Waals surface area (Å²) in [7, 11) is 0. The summed E-state index contributed by atoms with van der Waals surface area (Å²) in [6, 6.07) is 4.95. The molecule has 4 nitrogen and oxygen atoms in total. The van der Waals surface area contributed by atoms with Crippen molar-refractivity contribution in [2.75, 3.05) is 6.54 Å². The monoisotopic (exact) mass is 275 g/mol. The third-order valence-electron chi connectivity index (χ3n) is 3.21. The Balaban J connectivity index is 2.61. The van der Waals surface area contributed by atoms with Gasteiger partial charge in [-0.15, -0.1) is 6.58 Å². The number of rotatable bonds is 4. The third kappa shape index (κ3) is 2.11. The van der Waals surface area contributed by atoms with Gasteiger partial charge in [-0.1, -0.05) is 24.3 Å². The summed E-state index contributed by atoms with van der Waals surface area (Å²) in [5, 5.41) is 9.86. The fourth-order valence-corrected chi connectivity index (χ4v) is 2.36. The Kier molecular flexibility index (Phi) is 3.70. The molecule has 0 unspecified atom stereocenters. The first-order valence-electron chi connectivity index (χ1n) is 6.09. The quantitative estimate of drug-likeness (QED) is 0.858. The molecule has 0 aromatic heterocycles. The highest BCUT2D eigenvalue weighted by molar-refractivity contribution is 6.08. The van der Waals surface area contributed by atoms with Crippen molar-refractivity contribution in [1.29, 1.82) is 0 Å². The normalized spacial score (nSPS) is 18.6. The standard InChI is InChI=1S/C15H14FNO3/c1-3-8-17-13(10-6-4-5-7-11(10)16)12(9(2)18)14(19)15(17)20/h3-7,13,19H,1,8H2,2H3/t13-/m0/s1.